The van der Waals surface area contributed by atoms with Crippen molar-refractivity contribution in [2.24, 2.45) is 0 Å². The predicted molar refractivity (Wildman–Crippen MR) is 57.6 cm³/mol. The van der Waals surface area contributed by atoms with E-state index in [9.17, 15) is 17.2 Å². The first kappa shape index (κ1) is 11.8. The largest absolute Gasteiger partial charge is 0.244 e. The Hall–Kier alpha value is -0.660. The Bertz CT molecular complexity index is 478. The van der Waals surface area contributed by atoms with Crippen LogP contribution in [0.5, 0.6) is 0 Å². The van der Waals surface area contributed by atoms with Gasteiger partial charge in [-0.05, 0) is 12.1 Å². The highest BCUT2D eigenvalue weighted by Gasteiger charge is 2.28. The van der Waals surface area contributed by atoms with Crippen LogP contribution < -0.4 is 0 Å². The lowest BCUT2D eigenvalue weighted by Crippen LogP contribution is -2.28. The molecule has 1 saturated heterocycles. The minimum absolute atomic E-state index is 0.326. The normalized spacial score (nSPS) is 17.9. The zero-order chi connectivity index (χ0) is 11.8. The zero-order valence-corrected chi connectivity index (χ0v) is 9.82. The number of nitrogens with zero attached hydrogens (tertiary/aromatic N) is 1. The molecule has 16 heavy (non-hydrogen) atoms. The highest BCUT2D eigenvalue weighted by molar-refractivity contribution is 8.00. The number of hydrogen-bond donors (Lipinski definition) is 0. The first-order chi connectivity index (χ1) is 7.50. The maximum Gasteiger partial charge on any atom is 0.244 e. The molecule has 1 fully saturated rings. The fraction of sp³-hybridized carbons (Fsp3) is 0.333. The molecule has 0 atom stereocenters. The fourth-order valence-corrected chi connectivity index (χ4v) is 4.27. The Labute approximate surface area is 96.5 Å². The van der Waals surface area contributed by atoms with E-state index in [0.29, 0.717) is 24.2 Å². The van der Waals surface area contributed by atoms with Crippen molar-refractivity contribution in [1.29, 1.82) is 0 Å². The van der Waals surface area contributed by atoms with Crippen LogP contribution >= 0.6 is 11.8 Å². The second-order valence-corrected chi connectivity index (χ2v) is 6.34. The van der Waals surface area contributed by atoms with Crippen molar-refractivity contribution >= 4 is 21.8 Å². The van der Waals surface area contributed by atoms with Crippen LogP contribution in [0.15, 0.2) is 23.1 Å². The van der Waals surface area contributed by atoms with Gasteiger partial charge in [-0.3, -0.25) is 0 Å². The summed E-state index contributed by atoms with van der Waals surface area (Å²) in [6, 6.07) is 2.32. The summed E-state index contributed by atoms with van der Waals surface area (Å²) in [6.07, 6.45) is 0. The van der Waals surface area contributed by atoms with Gasteiger partial charge in [0.2, 0.25) is 10.0 Å². The van der Waals surface area contributed by atoms with E-state index in [1.165, 1.54) is 16.1 Å². The lowest BCUT2D eigenvalue weighted by Gasteiger charge is -2.14. The highest BCUT2D eigenvalue weighted by atomic mass is 32.2. The number of rotatable bonds is 2. The molecule has 1 aliphatic heterocycles. The quantitative estimate of drug-likeness (QED) is 0.816. The molecule has 1 aliphatic rings. The first-order valence-electron chi connectivity index (χ1n) is 4.54. The van der Waals surface area contributed by atoms with Gasteiger partial charge in [0.1, 0.15) is 11.6 Å². The minimum atomic E-state index is -3.75. The molecule has 1 aromatic rings. The SMILES string of the molecule is O=S(=O)(c1cc(F)cc(F)c1)N1CCSC1. The molecule has 0 aliphatic carbocycles. The van der Waals surface area contributed by atoms with Gasteiger partial charge in [-0.25, -0.2) is 17.2 Å². The molecule has 0 amide bonds. The van der Waals surface area contributed by atoms with Gasteiger partial charge in [-0.15, -0.1) is 11.8 Å². The molecular weight excluding hydrogens is 256 g/mol. The Morgan fingerprint density at radius 2 is 1.81 bits per heavy atom. The van der Waals surface area contributed by atoms with Crippen LogP contribution in [0.1, 0.15) is 0 Å². The molecule has 0 aromatic heterocycles. The van der Waals surface area contributed by atoms with Crippen molar-refractivity contribution in [2.45, 2.75) is 4.90 Å². The van der Waals surface area contributed by atoms with E-state index in [4.69, 9.17) is 0 Å². The fourth-order valence-electron chi connectivity index (χ4n) is 1.41. The van der Waals surface area contributed by atoms with Crippen molar-refractivity contribution < 1.29 is 17.2 Å². The van der Waals surface area contributed by atoms with Crippen molar-refractivity contribution in [3.05, 3.63) is 29.8 Å². The van der Waals surface area contributed by atoms with Crippen molar-refractivity contribution in [3.8, 4) is 0 Å². The van der Waals surface area contributed by atoms with Crippen LogP contribution in [0.25, 0.3) is 0 Å². The van der Waals surface area contributed by atoms with E-state index in [0.717, 1.165) is 12.1 Å². The number of thioether (sulfide) groups is 1. The van der Waals surface area contributed by atoms with Crippen LogP contribution in [-0.2, 0) is 10.0 Å². The summed E-state index contributed by atoms with van der Waals surface area (Å²) in [5.41, 5.74) is 0. The molecule has 0 N–H and O–H groups in total. The van der Waals surface area contributed by atoms with Gasteiger partial charge in [0.05, 0.1) is 10.8 Å². The van der Waals surface area contributed by atoms with Gasteiger partial charge in [-0.1, -0.05) is 0 Å². The molecule has 3 nitrogen and oxygen atoms in total. The third kappa shape index (κ3) is 2.21. The molecule has 0 unspecified atom stereocenters. The minimum Gasteiger partial charge on any atom is -0.207 e. The van der Waals surface area contributed by atoms with Crippen molar-refractivity contribution in [3.63, 3.8) is 0 Å². The van der Waals surface area contributed by atoms with E-state index >= 15 is 0 Å². The van der Waals surface area contributed by atoms with Crippen molar-refractivity contribution in [1.82, 2.24) is 4.31 Å². The third-order valence-electron chi connectivity index (χ3n) is 2.19. The van der Waals surface area contributed by atoms with Gasteiger partial charge >= 0.3 is 0 Å². The summed E-state index contributed by atoms with van der Waals surface area (Å²) in [7, 11) is -3.75. The molecule has 0 bridgehead atoms. The Morgan fingerprint density at radius 3 is 2.31 bits per heavy atom. The Morgan fingerprint density at radius 1 is 1.19 bits per heavy atom. The topological polar surface area (TPSA) is 37.4 Å². The van der Waals surface area contributed by atoms with E-state index < -0.39 is 21.7 Å². The smallest absolute Gasteiger partial charge is 0.207 e. The van der Waals surface area contributed by atoms with Gasteiger partial charge in [0.25, 0.3) is 0 Å². The van der Waals surface area contributed by atoms with Gasteiger partial charge in [0, 0.05) is 18.4 Å². The number of hydrogen-bond acceptors (Lipinski definition) is 3. The molecule has 0 spiro atoms. The highest BCUT2D eigenvalue weighted by Crippen LogP contribution is 2.24. The lowest BCUT2D eigenvalue weighted by molar-refractivity contribution is 0.486. The average molecular weight is 265 g/mol. The summed E-state index contributed by atoms with van der Waals surface area (Å²) in [4.78, 5) is -0.326. The molecule has 0 saturated carbocycles. The predicted octanol–water partition coefficient (Wildman–Crippen LogP) is 1.66. The molecular formula is C9H9F2NO2S2. The summed E-state index contributed by atoms with van der Waals surface area (Å²) in [6.45, 7) is 0.380. The van der Waals surface area contributed by atoms with Gasteiger partial charge in [-0.2, -0.15) is 4.31 Å². The van der Waals surface area contributed by atoms with Crippen LogP contribution in [0.2, 0.25) is 0 Å². The van der Waals surface area contributed by atoms with Gasteiger partial charge < -0.3 is 0 Å². The summed E-state index contributed by atoms with van der Waals surface area (Å²) in [5.74, 6) is -0.729. The van der Waals surface area contributed by atoms with Crippen molar-refractivity contribution in [2.75, 3.05) is 18.2 Å². The second kappa shape index (κ2) is 4.31. The second-order valence-electron chi connectivity index (χ2n) is 3.32. The molecule has 88 valence electrons. The van der Waals surface area contributed by atoms with E-state index in [2.05, 4.69) is 0 Å². The monoisotopic (exact) mass is 265 g/mol. The maximum atomic E-state index is 12.9. The van der Waals surface area contributed by atoms with Crippen LogP contribution in [0.3, 0.4) is 0 Å². The van der Waals surface area contributed by atoms with E-state index in [1.54, 1.807) is 0 Å². The number of sulfonamides is 1. The van der Waals surface area contributed by atoms with Crippen LogP contribution in [0, 0.1) is 11.6 Å². The Kier molecular flexibility index (Phi) is 3.18. The molecule has 2 rings (SSSR count). The molecule has 0 radical (unpaired) electrons. The number of benzene rings is 1. The number of halogens is 2. The zero-order valence-electron chi connectivity index (χ0n) is 8.19. The maximum absolute atomic E-state index is 12.9. The molecule has 1 aromatic carbocycles. The van der Waals surface area contributed by atoms with Crippen LogP contribution in [0.4, 0.5) is 8.78 Å². The van der Waals surface area contributed by atoms with Crippen LogP contribution in [-0.4, -0.2) is 30.9 Å². The summed E-state index contributed by atoms with van der Waals surface area (Å²) in [5, 5.41) is 0. The van der Waals surface area contributed by atoms with Gasteiger partial charge in [0.15, 0.2) is 0 Å². The average Bonchev–Trinajstić information content (AvgIpc) is 2.69. The lowest BCUT2D eigenvalue weighted by atomic mass is 10.3. The third-order valence-corrected chi connectivity index (χ3v) is 5.15. The Balaban J connectivity index is 2.42. The van der Waals surface area contributed by atoms with E-state index in [1.807, 2.05) is 0 Å². The summed E-state index contributed by atoms with van der Waals surface area (Å²) < 4.78 is 50.9. The molecule has 1 heterocycles. The summed E-state index contributed by atoms with van der Waals surface area (Å²) >= 11 is 1.47. The molecule has 7 heteroatoms. The first-order valence-corrected chi connectivity index (χ1v) is 7.13. The standard InChI is InChI=1S/C9H9F2NO2S2/c10-7-3-8(11)5-9(4-7)16(13,14)12-1-2-15-6-12/h3-5H,1-2,6H2. The van der Waals surface area contributed by atoms with E-state index in [-0.39, 0.29) is 4.90 Å².